The van der Waals surface area contributed by atoms with Gasteiger partial charge in [-0.2, -0.15) is 9.61 Å². The topological polar surface area (TPSA) is 42.2 Å². The summed E-state index contributed by atoms with van der Waals surface area (Å²) in [6, 6.07) is 17.0. The van der Waals surface area contributed by atoms with Gasteiger partial charge in [-0.05, 0) is 49.6 Å². The third-order valence-corrected chi connectivity index (χ3v) is 5.38. The van der Waals surface area contributed by atoms with E-state index in [1.165, 1.54) is 16.7 Å². The van der Waals surface area contributed by atoms with Crippen molar-refractivity contribution in [2.75, 3.05) is 5.32 Å². The van der Waals surface area contributed by atoms with Gasteiger partial charge < -0.3 is 5.32 Å². The first-order valence-corrected chi connectivity index (χ1v) is 10.0. The monoisotopic (exact) mass is 384 g/mol. The summed E-state index contributed by atoms with van der Waals surface area (Å²) in [5, 5.41) is 8.23. The van der Waals surface area contributed by atoms with E-state index in [2.05, 4.69) is 100 Å². The number of fused-ring (bicyclic) bond motifs is 1. The van der Waals surface area contributed by atoms with Crippen molar-refractivity contribution in [3.8, 4) is 11.1 Å². The summed E-state index contributed by atoms with van der Waals surface area (Å²) in [4.78, 5) is 5.00. The summed E-state index contributed by atoms with van der Waals surface area (Å²) in [6.45, 7) is 12.9. The van der Waals surface area contributed by atoms with E-state index < -0.39 is 0 Å². The van der Waals surface area contributed by atoms with Gasteiger partial charge in [-0.25, -0.2) is 4.98 Å². The molecule has 29 heavy (non-hydrogen) atoms. The lowest BCUT2D eigenvalue weighted by Crippen LogP contribution is -2.16. The number of anilines is 2. The van der Waals surface area contributed by atoms with Crippen molar-refractivity contribution >= 4 is 17.2 Å². The van der Waals surface area contributed by atoms with E-state index >= 15 is 0 Å². The number of hydrogen-bond acceptors (Lipinski definition) is 3. The molecule has 0 saturated heterocycles. The van der Waals surface area contributed by atoms with E-state index in [0.717, 1.165) is 34.0 Å². The summed E-state index contributed by atoms with van der Waals surface area (Å²) in [5.41, 5.74) is 8.83. The Labute approximate surface area is 172 Å². The lowest BCUT2D eigenvalue weighted by Gasteiger charge is -2.20. The molecule has 0 amide bonds. The predicted molar refractivity (Wildman–Crippen MR) is 121 cm³/mol. The molecule has 0 fully saturated rings. The van der Waals surface area contributed by atoms with Crippen molar-refractivity contribution in [1.29, 1.82) is 0 Å². The van der Waals surface area contributed by atoms with Crippen LogP contribution in [0.25, 0.3) is 16.8 Å². The number of aryl methyl sites for hydroxylation is 3. The molecular formula is C25H28N4. The van der Waals surface area contributed by atoms with Crippen LogP contribution in [0.2, 0.25) is 0 Å². The van der Waals surface area contributed by atoms with Gasteiger partial charge in [0.15, 0.2) is 5.65 Å². The Balaban J connectivity index is 1.89. The van der Waals surface area contributed by atoms with Crippen molar-refractivity contribution in [3.63, 3.8) is 0 Å². The number of rotatable bonds is 3. The van der Waals surface area contributed by atoms with Crippen molar-refractivity contribution in [3.05, 3.63) is 77.1 Å². The maximum absolute atomic E-state index is 5.00. The summed E-state index contributed by atoms with van der Waals surface area (Å²) in [5.74, 6) is 0.918. The molecule has 0 atom stereocenters. The van der Waals surface area contributed by atoms with Crippen molar-refractivity contribution in [2.24, 2.45) is 0 Å². The Hall–Kier alpha value is -3.14. The summed E-state index contributed by atoms with van der Waals surface area (Å²) >= 11 is 0. The highest BCUT2D eigenvalue weighted by Crippen LogP contribution is 2.31. The molecular weight excluding hydrogens is 356 g/mol. The van der Waals surface area contributed by atoms with Crippen LogP contribution >= 0.6 is 0 Å². The van der Waals surface area contributed by atoms with Crippen LogP contribution in [0.4, 0.5) is 11.5 Å². The molecule has 0 bridgehead atoms. The Kier molecular flexibility index (Phi) is 4.65. The van der Waals surface area contributed by atoms with Gasteiger partial charge in [0, 0.05) is 22.7 Å². The summed E-state index contributed by atoms with van der Waals surface area (Å²) in [7, 11) is 0. The zero-order valence-corrected chi connectivity index (χ0v) is 18.0. The molecule has 4 heteroatoms. The SMILES string of the molecule is Cc1ccc(-c2cnn3c(Nc4ccc(C)c(C)c4)cc(C(C)(C)C)nc23)cc1. The molecule has 4 nitrogen and oxygen atoms in total. The Bertz CT molecular complexity index is 1180. The fraction of sp³-hybridized carbons (Fsp3) is 0.280. The van der Waals surface area contributed by atoms with Gasteiger partial charge in [-0.15, -0.1) is 0 Å². The zero-order valence-electron chi connectivity index (χ0n) is 18.0. The average Bonchev–Trinajstić information content (AvgIpc) is 3.09. The van der Waals surface area contributed by atoms with E-state index in [1.54, 1.807) is 0 Å². The number of nitrogens with zero attached hydrogens (tertiary/aromatic N) is 3. The normalized spacial score (nSPS) is 11.8. The fourth-order valence-corrected chi connectivity index (χ4v) is 3.34. The largest absolute Gasteiger partial charge is 0.340 e. The molecule has 1 N–H and O–H groups in total. The van der Waals surface area contributed by atoms with E-state index in [9.17, 15) is 0 Å². The predicted octanol–water partition coefficient (Wildman–Crippen LogP) is 6.36. The molecule has 0 aliphatic carbocycles. The van der Waals surface area contributed by atoms with Crippen LogP contribution in [0.5, 0.6) is 0 Å². The highest BCUT2D eigenvalue weighted by atomic mass is 15.3. The number of nitrogens with one attached hydrogen (secondary N) is 1. The quantitative estimate of drug-likeness (QED) is 0.447. The van der Waals surface area contributed by atoms with Crippen LogP contribution in [0, 0.1) is 20.8 Å². The minimum atomic E-state index is -0.0732. The summed E-state index contributed by atoms with van der Waals surface area (Å²) in [6.07, 6.45) is 1.91. The van der Waals surface area contributed by atoms with Crippen molar-refractivity contribution in [1.82, 2.24) is 14.6 Å². The van der Waals surface area contributed by atoms with E-state index in [1.807, 2.05) is 10.7 Å². The van der Waals surface area contributed by atoms with Crippen LogP contribution in [0.1, 0.15) is 43.2 Å². The molecule has 0 saturated carbocycles. The van der Waals surface area contributed by atoms with Crippen LogP contribution < -0.4 is 5.32 Å². The molecule has 4 aromatic rings. The van der Waals surface area contributed by atoms with Gasteiger partial charge in [0.2, 0.25) is 0 Å². The first-order valence-electron chi connectivity index (χ1n) is 10.0. The standard InChI is InChI=1S/C25H28N4/c1-16-7-10-19(11-8-16)21-15-26-29-23(14-22(25(4,5)6)28-24(21)29)27-20-12-9-17(2)18(3)13-20/h7-15,27H,1-6H3. The average molecular weight is 385 g/mol. The molecule has 2 aromatic carbocycles. The zero-order chi connectivity index (χ0) is 20.8. The minimum absolute atomic E-state index is 0.0732. The second kappa shape index (κ2) is 7.03. The van der Waals surface area contributed by atoms with Gasteiger partial charge in [0.1, 0.15) is 5.82 Å². The van der Waals surface area contributed by atoms with Crippen LogP contribution in [-0.4, -0.2) is 14.6 Å². The molecule has 0 radical (unpaired) electrons. The second-order valence-corrected chi connectivity index (χ2v) is 8.86. The first-order chi connectivity index (χ1) is 13.7. The summed E-state index contributed by atoms with van der Waals surface area (Å²) < 4.78 is 1.90. The lowest BCUT2D eigenvalue weighted by atomic mass is 9.92. The van der Waals surface area contributed by atoms with Gasteiger partial charge in [0.05, 0.1) is 11.9 Å². The third kappa shape index (κ3) is 3.75. The number of hydrogen-bond donors (Lipinski definition) is 1. The Morgan fingerprint density at radius 1 is 0.862 bits per heavy atom. The molecule has 0 aliphatic rings. The van der Waals surface area contributed by atoms with Gasteiger partial charge in [0.25, 0.3) is 0 Å². The van der Waals surface area contributed by atoms with E-state index in [-0.39, 0.29) is 5.41 Å². The van der Waals surface area contributed by atoms with E-state index in [0.29, 0.717) is 0 Å². The molecule has 0 aliphatic heterocycles. The third-order valence-electron chi connectivity index (χ3n) is 5.38. The maximum atomic E-state index is 5.00. The van der Waals surface area contributed by atoms with Gasteiger partial charge in [-0.3, -0.25) is 0 Å². The fourth-order valence-electron chi connectivity index (χ4n) is 3.34. The number of aromatic nitrogens is 3. The minimum Gasteiger partial charge on any atom is -0.340 e. The van der Waals surface area contributed by atoms with Crippen molar-refractivity contribution in [2.45, 2.75) is 47.0 Å². The second-order valence-electron chi connectivity index (χ2n) is 8.86. The van der Waals surface area contributed by atoms with Crippen LogP contribution in [-0.2, 0) is 5.41 Å². The Morgan fingerprint density at radius 3 is 2.24 bits per heavy atom. The number of benzene rings is 2. The van der Waals surface area contributed by atoms with Crippen molar-refractivity contribution < 1.29 is 0 Å². The van der Waals surface area contributed by atoms with Gasteiger partial charge in [-0.1, -0.05) is 56.7 Å². The smallest absolute Gasteiger partial charge is 0.165 e. The molecule has 4 rings (SSSR count). The molecule has 2 heterocycles. The van der Waals surface area contributed by atoms with E-state index in [4.69, 9.17) is 4.98 Å². The maximum Gasteiger partial charge on any atom is 0.165 e. The lowest BCUT2D eigenvalue weighted by molar-refractivity contribution is 0.569. The molecule has 0 spiro atoms. The first kappa shape index (κ1) is 19.2. The van der Waals surface area contributed by atoms with Gasteiger partial charge >= 0.3 is 0 Å². The molecule has 148 valence electrons. The molecule has 0 unspecified atom stereocenters. The highest BCUT2D eigenvalue weighted by Gasteiger charge is 2.20. The molecule has 2 aromatic heterocycles. The highest BCUT2D eigenvalue weighted by molar-refractivity contribution is 5.79. The Morgan fingerprint density at radius 2 is 1.59 bits per heavy atom. The van der Waals surface area contributed by atoms with Crippen LogP contribution in [0.3, 0.4) is 0 Å². The van der Waals surface area contributed by atoms with Crippen LogP contribution in [0.15, 0.2) is 54.7 Å².